The van der Waals surface area contributed by atoms with Crippen LogP contribution in [0.2, 0.25) is 0 Å². The molecule has 7 heteroatoms. The zero-order valence-corrected chi connectivity index (χ0v) is 14.2. The third-order valence-electron chi connectivity index (χ3n) is 4.30. The Hall–Kier alpha value is -3.48. The van der Waals surface area contributed by atoms with E-state index in [4.69, 9.17) is 0 Å². The van der Waals surface area contributed by atoms with E-state index in [1.807, 2.05) is 35.8 Å². The Morgan fingerprint density at radius 1 is 1.15 bits per heavy atom. The summed E-state index contributed by atoms with van der Waals surface area (Å²) < 4.78 is 3.41. The van der Waals surface area contributed by atoms with Crippen molar-refractivity contribution < 1.29 is 4.79 Å². The summed E-state index contributed by atoms with van der Waals surface area (Å²) in [6.45, 7) is 2.40. The number of pyridine rings is 1. The van der Waals surface area contributed by atoms with Crippen LogP contribution in [0.15, 0.2) is 59.7 Å². The Balaban J connectivity index is 1.52. The number of nitrogens with one attached hydrogen (secondary N) is 1. The third-order valence-corrected chi connectivity index (χ3v) is 4.30. The van der Waals surface area contributed by atoms with Crippen molar-refractivity contribution in [3.63, 3.8) is 0 Å². The summed E-state index contributed by atoms with van der Waals surface area (Å²) in [4.78, 5) is 33.4. The summed E-state index contributed by atoms with van der Waals surface area (Å²) in [6.07, 6.45) is 3.26. The quantitative estimate of drug-likeness (QED) is 0.614. The van der Waals surface area contributed by atoms with E-state index in [0.717, 1.165) is 16.9 Å². The predicted octanol–water partition coefficient (Wildman–Crippen LogP) is 2.38. The smallest absolute Gasteiger partial charge is 0.281 e. The fourth-order valence-electron chi connectivity index (χ4n) is 3.02. The van der Waals surface area contributed by atoms with Gasteiger partial charge < -0.3 is 9.88 Å². The van der Waals surface area contributed by atoms with Crippen molar-refractivity contribution in [2.24, 2.45) is 0 Å². The Morgan fingerprint density at radius 2 is 1.96 bits per heavy atom. The fraction of sp³-hybridized carbons (Fsp3) is 0.158. The summed E-state index contributed by atoms with van der Waals surface area (Å²) in [5.74, 6) is 0.614. The van der Waals surface area contributed by atoms with E-state index in [9.17, 15) is 9.59 Å². The molecule has 3 heterocycles. The van der Waals surface area contributed by atoms with Crippen molar-refractivity contribution in [1.29, 1.82) is 0 Å². The number of imidazole rings is 1. The summed E-state index contributed by atoms with van der Waals surface area (Å²) >= 11 is 0. The number of anilines is 1. The lowest BCUT2D eigenvalue weighted by molar-refractivity contribution is -0.116. The van der Waals surface area contributed by atoms with E-state index in [1.165, 1.54) is 10.6 Å². The molecule has 1 N–H and O–H groups in total. The van der Waals surface area contributed by atoms with Gasteiger partial charge in [0.05, 0.1) is 17.2 Å². The number of hydrogen-bond acceptors (Lipinski definition) is 4. The van der Waals surface area contributed by atoms with Gasteiger partial charge in [-0.05, 0) is 31.2 Å². The second-order valence-corrected chi connectivity index (χ2v) is 6.00. The summed E-state index contributed by atoms with van der Waals surface area (Å²) in [6, 6.07) is 13.1. The van der Waals surface area contributed by atoms with E-state index < -0.39 is 0 Å². The van der Waals surface area contributed by atoms with Crippen molar-refractivity contribution >= 4 is 28.3 Å². The van der Waals surface area contributed by atoms with Crippen LogP contribution in [0.25, 0.3) is 16.7 Å². The molecule has 0 unspecified atom stereocenters. The first kappa shape index (κ1) is 16.0. The normalized spacial score (nSPS) is 11.1. The third kappa shape index (κ3) is 2.83. The highest BCUT2D eigenvalue weighted by molar-refractivity contribution is 5.90. The molecule has 1 aromatic carbocycles. The van der Waals surface area contributed by atoms with Crippen molar-refractivity contribution in [2.75, 3.05) is 5.32 Å². The second-order valence-electron chi connectivity index (χ2n) is 6.00. The summed E-state index contributed by atoms with van der Waals surface area (Å²) in [5, 5.41) is 2.66. The van der Waals surface area contributed by atoms with Gasteiger partial charge in [-0.25, -0.2) is 9.97 Å². The molecule has 0 atom stereocenters. The van der Waals surface area contributed by atoms with Crippen molar-refractivity contribution in [3.05, 3.63) is 71.0 Å². The number of amides is 1. The summed E-state index contributed by atoms with van der Waals surface area (Å²) in [5.41, 5.74) is 2.31. The molecular weight excluding hydrogens is 330 g/mol. The van der Waals surface area contributed by atoms with Gasteiger partial charge in [-0.1, -0.05) is 18.2 Å². The highest BCUT2D eigenvalue weighted by atomic mass is 16.2. The highest BCUT2D eigenvalue weighted by Crippen LogP contribution is 2.16. The molecule has 3 aromatic heterocycles. The first-order valence-corrected chi connectivity index (χ1v) is 8.31. The molecule has 0 spiro atoms. The van der Waals surface area contributed by atoms with Crippen LogP contribution < -0.4 is 10.9 Å². The molecule has 4 rings (SSSR count). The SMILES string of the molecule is Cc1nc2ccccc2n1CCC(=O)Nc1cnc2ccccn2c1=O. The lowest BCUT2D eigenvalue weighted by Gasteiger charge is -2.08. The van der Waals surface area contributed by atoms with Crippen LogP contribution >= 0.6 is 0 Å². The first-order chi connectivity index (χ1) is 12.6. The lowest BCUT2D eigenvalue weighted by Crippen LogP contribution is -2.23. The molecule has 0 aliphatic rings. The van der Waals surface area contributed by atoms with Gasteiger partial charge in [0.1, 0.15) is 17.2 Å². The summed E-state index contributed by atoms with van der Waals surface area (Å²) in [7, 11) is 0. The number of fused-ring (bicyclic) bond motifs is 2. The molecule has 0 aliphatic carbocycles. The number of aryl methyl sites for hydroxylation is 2. The first-order valence-electron chi connectivity index (χ1n) is 8.31. The molecule has 0 bridgehead atoms. The average Bonchev–Trinajstić information content (AvgIpc) is 2.97. The number of aromatic nitrogens is 4. The van der Waals surface area contributed by atoms with Gasteiger partial charge in [0, 0.05) is 19.2 Å². The van der Waals surface area contributed by atoms with Crippen molar-refractivity contribution in [2.45, 2.75) is 19.9 Å². The van der Waals surface area contributed by atoms with Crippen LogP contribution in [0.1, 0.15) is 12.2 Å². The van der Waals surface area contributed by atoms with E-state index in [0.29, 0.717) is 12.2 Å². The van der Waals surface area contributed by atoms with Crippen LogP contribution in [0.5, 0.6) is 0 Å². The van der Waals surface area contributed by atoms with Crippen LogP contribution in [-0.2, 0) is 11.3 Å². The maximum Gasteiger partial charge on any atom is 0.281 e. The number of para-hydroxylation sites is 2. The van der Waals surface area contributed by atoms with Crippen LogP contribution in [0.4, 0.5) is 5.69 Å². The van der Waals surface area contributed by atoms with E-state index >= 15 is 0 Å². The fourth-order valence-corrected chi connectivity index (χ4v) is 3.02. The molecule has 0 aliphatic heterocycles. The zero-order valence-electron chi connectivity index (χ0n) is 14.2. The number of carbonyl (C=O) groups is 1. The molecule has 1 amide bonds. The van der Waals surface area contributed by atoms with Gasteiger partial charge in [-0.15, -0.1) is 0 Å². The molecule has 4 aromatic rings. The largest absolute Gasteiger partial charge is 0.328 e. The minimum absolute atomic E-state index is 0.172. The maximum absolute atomic E-state index is 12.4. The number of benzene rings is 1. The standard InChI is InChI=1S/C19H17N5O2/c1-13-21-14-6-2-3-7-16(14)23(13)11-9-18(25)22-15-12-20-17-8-4-5-10-24(17)19(15)26/h2-8,10,12H,9,11H2,1H3,(H,22,25). The number of carbonyl (C=O) groups excluding carboxylic acids is 1. The number of hydrogen-bond donors (Lipinski definition) is 1. The Kier molecular flexibility index (Phi) is 3.96. The minimum Gasteiger partial charge on any atom is -0.328 e. The Labute approximate surface area is 148 Å². The van der Waals surface area contributed by atoms with Crippen LogP contribution in [-0.4, -0.2) is 24.8 Å². The molecule has 26 heavy (non-hydrogen) atoms. The number of rotatable bonds is 4. The van der Waals surface area contributed by atoms with E-state index in [2.05, 4.69) is 15.3 Å². The molecule has 7 nitrogen and oxygen atoms in total. The molecule has 0 fully saturated rings. The highest BCUT2D eigenvalue weighted by Gasteiger charge is 2.11. The van der Waals surface area contributed by atoms with Gasteiger partial charge in [0.25, 0.3) is 5.56 Å². The van der Waals surface area contributed by atoms with Gasteiger partial charge in [-0.2, -0.15) is 0 Å². The monoisotopic (exact) mass is 347 g/mol. The van der Waals surface area contributed by atoms with Gasteiger partial charge in [-0.3, -0.25) is 14.0 Å². The second kappa shape index (κ2) is 6.44. The molecule has 0 saturated heterocycles. The van der Waals surface area contributed by atoms with Crippen molar-refractivity contribution in [1.82, 2.24) is 18.9 Å². The van der Waals surface area contributed by atoms with Gasteiger partial charge in [0.15, 0.2) is 0 Å². The minimum atomic E-state index is -0.298. The maximum atomic E-state index is 12.4. The Morgan fingerprint density at radius 3 is 2.85 bits per heavy atom. The average molecular weight is 347 g/mol. The van der Waals surface area contributed by atoms with Crippen LogP contribution in [0.3, 0.4) is 0 Å². The van der Waals surface area contributed by atoms with E-state index in [-0.39, 0.29) is 23.6 Å². The lowest BCUT2D eigenvalue weighted by atomic mass is 10.3. The molecule has 0 saturated carbocycles. The zero-order chi connectivity index (χ0) is 18.1. The number of nitrogens with zero attached hydrogens (tertiary/aromatic N) is 4. The van der Waals surface area contributed by atoms with Crippen LogP contribution in [0, 0.1) is 6.92 Å². The molecule has 0 radical (unpaired) electrons. The van der Waals surface area contributed by atoms with Gasteiger partial charge in [0.2, 0.25) is 5.91 Å². The molecule has 130 valence electrons. The predicted molar refractivity (Wildman–Crippen MR) is 99.2 cm³/mol. The Bertz CT molecular complexity index is 1180. The van der Waals surface area contributed by atoms with E-state index in [1.54, 1.807) is 24.4 Å². The topological polar surface area (TPSA) is 81.3 Å². The molecular formula is C19H17N5O2. The van der Waals surface area contributed by atoms with Crippen molar-refractivity contribution in [3.8, 4) is 0 Å². The van der Waals surface area contributed by atoms with Gasteiger partial charge >= 0.3 is 0 Å².